The van der Waals surface area contributed by atoms with Crippen LogP contribution in [0.2, 0.25) is 0 Å². The van der Waals surface area contributed by atoms with E-state index in [9.17, 15) is 23.8 Å². The normalized spacial score (nSPS) is 14.2. The molecule has 0 spiro atoms. The average molecular weight is 248 g/mol. The third kappa shape index (κ3) is 2.69. The first-order valence-corrected chi connectivity index (χ1v) is 4.50. The molecule has 17 heavy (non-hydrogen) atoms. The second kappa shape index (κ2) is 5.07. The van der Waals surface area contributed by atoms with Crippen molar-refractivity contribution in [1.82, 2.24) is 0 Å². The van der Waals surface area contributed by atoms with Gasteiger partial charge in [-0.05, 0) is 0 Å². The Morgan fingerprint density at radius 1 is 1.29 bits per heavy atom. The Hall–Kier alpha value is -1.73. The van der Waals surface area contributed by atoms with Crippen molar-refractivity contribution in [1.29, 1.82) is 0 Å². The maximum atomic E-state index is 13.3. The highest BCUT2D eigenvalue weighted by molar-refractivity contribution is 5.75. The summed E-state index contributed by atoms with van der Waals surface area (Å²) in [6, 6.07) is 1.09. The third-order valence-corrected chi connectivity index (χ3v) is 2.10. The molecule has 2 atom stereocenters. The van der Waals surface area contributed by atoms with Gasteiger partial charge in [-0.15, -0.1) is 0 Å². The number of methoxy groups -OCH3 is 1. The van der Waals surface area contributed by atoms with Crippen LogP contribution < -0.4 is 0 Å². The van der Waals surface area contributed by atoms with Crippen molar-refractivity contribution in [3.8, 4) is 5.75 Å². The molecule has 2 unspecified atom stereocenters. The Bertz CT molecular complexity index is 412. The summed E-state index contributed by atoms with van der Waals surface area (Å²) in [7, 11) is 0.946. The number of carbonyl (C=O) groups is 1. The molecular formula is C10H10F2O5. The van der Waals surface area contributed by atoms with E-state index in [0.717, 1.165) is 7.11 Å². The lowest BCUT2D eigenvalue weighted by molar-refractivity contribution is -0.157. The van der Waals surface area contributed by atoms with Gasteiger partial charge in [-0.2, -0.15) is 0 Å². The number of esters is 1. The zero-order chi connectivity index (χ0) is 13.2. The van der Waals surface area contributed by atoms with Crippen LogP contribution in [0.4, 0.5) is 8.78 Å². The first kappa shape index (κ1) is 13.3. The van der Waals surface area contributed by atoms with E-state index in [2.05, 4.69) is 4.74 Å². The first-order chi connectivity index (χ1) is 7.88. The number of phenolic OH excluding ortho intramolecular Hbond substituents is 1. The van der Waals surface area contributed by atoms with E-state index in [1.165, 1.54) is 0 Å². The summed E-state index contributed by atoms with van der Waals surface area (Å²) in [5.74, 6) is -4.47. The van der Waals surface area contributed by atoms with E-state index in [-0.39, 0.29) is 0 Å². The van der Waals surface area contributed by atoms with E-state index < -0.39 is 41.1 Å². The highest BCUT2D eigenvalue weighted by atomic mass is 19.1. The summed E-state index contributed by atoms with van der Waals surface area (Å²) in [6.45, 7) is 0. The minimum atomic E-state index is -2.12. The van der Waals surface area contributed by atoms with Crippen molar-refractivity contribution in [2.24, 2.45) is 0 Å². The molecule has 94 valence electrons. The molecule has 1 rings (SSSR count). The Kier molecular flexibility index (Phi) is 3.97. The van der Waals surface area contributed by atoms with Gasteiger partial charge < -0.3 is 20.1 Å². The SMILES string of the molecule is COC(=O)C(O)C(O)c1c(F)cc(O)cc1F. The van der Waals surface area contributed by atoms with Crippen molar-refractivity contribution < 1.29 is 33.6 Å². The molecule has 0 heterocycles. The quantitative estimate of drug-likeness (QED) is 0.667. The molecule has 0 aliphatic carbocycles. The van der Waals surface area contributed by atoms with Gasteiger partial charge in [0.1, 0.15) is 23.5 Å². The summed E-state index contributed by atoms with van der Waals surface area (Å²) in [5.41, 5.74) is -0.916. The van der Waals surface area contributed by atoms with Crippen molar-refractivity contribution >= 4 is 5.97 Å². The molecule has 0 aromatic heterocycles. The Balaban J connectivity index is 3.12. The molecule has 7 heteroatoms. The largest absolute Gasteiger partial charge is 0.508 e. The molecule has 0 aliphatic rings. The second-order valence-corrected chi connectivity index (χ2v) is 3.24. The molecule has 1 aromatic rings. The van der Waals surface area contributed by atoms with Crippen LogP contribution in [0.15, 0.2) is 12.1 Å². The van der Waals surface area contributed by atoms with Gasteiger partial charge in [0.05, 0.1) is 12.7 Å². The number of rotatable bonds is 3. The molecule has 5 nitrogen and oxygen atoms in total. The highest BCUT2D eigenvalue weighted by Crippen LogP contribution is 2.27. The van der Waals surface area contributed by atoms with E-state index in [0.29, 0.717) is 12.1 Å². The van der Waals surface area contributed by atoms with Gasteiger partial charge in [-0.1, -0.05) is 0 Å². The van der Waals surface area contributed by atoms with Crippen molar-refractivity contribution in [3.63, 3.8) is 0 Å². The van der Waals surface area contributed by atoms with Crippen molar-refractivity contribution in [3.05, 3.63) is 29.3 Å². The number of phenols is 1. The topological polar surface area (TPSA) is 87.0 Å². The predicted molar refractivity (Wildman–Crippen MR) is 51.0 cm³/mol. The lowest BCUT2D eigenvalue weighted by atomic mass is 10.0. The number of hydrogen-bond acceptors (Lipinski definition) is 5. The molecule has 0 fully saturated rings. The lowest BCUT2D eigenvalue weighted by Crippen LogP contribution is -2.30. The molecule has 0 radical (unpaired) electrons. The number of carbonyl (C=O) groups excluding carboxylic acids is 1. The van der Waals surface area contributed by atoms with Crippen LogP contribution in [0.1, 0.15) is 11.7 Å². The van der Waals surface area contributed by atoms with Crippen LogP contribution in [0.25, 0.3) is 0 Å². The summed E-state index contributed by atoms with van der Waals surface area (Å²) in [5, 5.41) is 27.5. The van der Waals surface area contributed by atoms with Gasteiger partial charge in [-0.25, -0.2) is 13.6 Å². The molecular weight excluding hydrogens is 238 g/mol. The fourth-order valence-corrected chi connectivity index (χ4v) is 1.26. The second-order valence-electron chi connectivity index (χ2n) is 3.24. The smallest absolute Gasteiger partial charge is 0.337 e. The maximum absolute atomic E-state index is 13.3. The molecule has 0 aliphatic heterocycles. The van der Waals surface area contributed by atoms with E-state index in [1.807, 2.05) is 0 Å². The number of hydrogen-bond donors (Lipinski definition) is 3. The van der Waals surface area contributed by atoms with E-state index >= 15 is 0 Å². The Morgan fingerprint density at radius 3 is 2.18 bits per heavy atom. The third-order valence-electron chi connectivity index (χ3n) is 2.10. The van der Waals surface area contributed by atoms with Gasteiger partial charge in [0.15, 0.2) is 6.10 Å². The van der Waals surface area contributed by atoms with Gasteiger partial charge in [0.25, 0.3) is 0 Å². The molecule has 0 bridgehead atoms. The minimum Gasteiger partial charge on any atom is -0.508 e. The van der Waals surface area contributed by atoms with Gasteiger partial charge in [-0.3, -0.25) is 0 Å². The van der Waals surface area contributed by atoms with Crippen molar-refractivity contribution in [2.75, 3.05) is 7.11 Å². The fraction of sp³-hybridized carbons (Fsp3) is 0.300. The highest BCUT2D eigenvalue weighted by Gasteiger charge is 2.31. The minimum absolute atomic E-state index is 0.547. The van der Waals surface area contributed by atoms with Gasteiger partial charge in [0.2, 0.25) is 0 Å². The number of aliphatic hydroxyl groups excluding tert-OH is 2. The molecule has 0 amide bonds. The zero-order valence-corrected chi connectivity index (χ0v) is 8.72. The number of ether oxygens (including phenoxy) is 1. The fourth-order valence-electron chi connectivity index (χ4n) is 1.26. The predicted octanol–water partition coefficient (Wildman–Crippen LogP) is 0.238. The van der Waals surface area contributed by atoms with Crippen LogP contribution in [-0.2, 0) is 9.53 Å². The van der Waals surface area contributed by atoms with Gasteiger partial charge >= 0.3 is 5.97 Å². The summed E-state index contributed by atoms with van der Waals surface area (Å²) < 4.78 is 30.6. The van der Waals surface area contributed by atoms with Crippen LogP contribution >= 0.6 is 0 Å². The molecule has 0 saturated heterocycles. The maximum Gasteiger partial charge on any atom is 0.337 e. The average Bonchev–Trinajstić information content (AvgIpc) is 2.25. The lowest BCUT2D eigenvalue weighted by Gasteiger charge is -2.17. The summed E-state index contributed by atoms with van der Waals surface area (Å²) >= 11 is 0. The molecule has 3 N–H and O–H groups in total. The Morgan fingerprint density at radius 2 is 1.76 bits per heavy atom. The molecule has 1 aromatic carbocycles. The first-order valence-electron chi connectivity index (χ1n) is 4.50. The van der Waals surface area contributed by atoms with Gasteiger partial charge in [0, 0.05) is 12.1 Å². The number of halogens is 2. The van der Waals surface area contributed by atoms with Crippen LogP contribution in [0.3, 0.4) is 0 Å². The van der Waals surface area contributed by atoms with E-state index in [1.54, 1.807) is 0 Å². The van der Waals surface area contributed by atoms with Crippen molar-refractivity contribution in [2.45, 2.75) is 12.2 Å². The number of aromatic hydroxyl groups is 1. The monoisotopic (exact) mass is 248 g/mol. The zero-order valence-electron chi connectivity index (χ0n) is 8.72. The summed E-state index contributed by atoms with van der Waals surface area (Å²) in [6.07, 6.45) is -4.24. The van der Waals surface area contributed by atoms with Crippen LogP contribution in [0, 0.1) is 11.6 Å². The Labute approximate surface area is 94.9 Å². The van der Waals surface area contributed by atoms with E-state index in [4.69, 9.17) is 5.11 Å². The standard InChI is InChI=1S/C10H10F2O5/c1-17-10(16)9(15)8(14)7-5(11)2-4(13)3-6(7)12/h2-3,8-9,13-15H,1H3. The van der Waals surface area contributed by atoms with Crippen LogP contribution in [-0.4, -0.2) is 34.5 Å². The number of benzene rings is 1. The number of aliphatic hydroxyl groups is 2. The molecule has 0 saturated carbocycles. The summed E-state index contributed by atoms with van der Waals surface area (Å²) in [4.78, 5) is 10.9. The van der Waals surface area contributed by atoms with Crippen LogP contribution in [0.5, 0.6) is 5.75 Å².